The van der Waals surface area contributed by atoms with Gasteiger partial charge in [-0.05, 0) is 13.5 Å². The summed E-state index contributed by atoms with van der Waals surface area (Å²) in [5.74, 6) is 0. The van der Waals surface area contributed by atoms with Gasteiger partial charge in [-0.15, -0.1) is 0 Å². The lowest BCUT2D eigenvalue weighted by Crippen LogP contribution is -2.40. The maximum atomic E-state index is 6.21. The summed E-state index contributed by atoms with van der Waals surface area (Å²) in [7, 11) is 5.71. The third kappa shape index (κ3) is 3.80. The van der Waals surface area contributed by atoms with Crippen LogP contribution >= 0.6 is 0 Å². The van der Waals surface area contributed by atoms with E-state index in [2.05, 4.69) is 24.0 Å². The summed E-state index contributed by atoms with van der Waals surface area (Å²) in [5.41, 5.74) is 7.38. The van der Waals surface area contributed by atoms with Gasteiger partial charge in [0.05, 0.1) is 18.8 Å². The fourth-order valence-electron chi connectivity index (χ4n) is 2.02. The van der Waals surface area contributed by atoms with Crippen molar-refractivity contribution in [3.63, 3.8) is 0 Å². The van der Waals surface area contributed by atoms with E-state index in [9.17, 15) is 0 Å². The largest absolute Gasteiger partial charge is 0.383 e. The molecule has 1 aromatic heterocycles. The molecule has 1 aromatic rings. The van der Waals surface area contributed by atoms with Crippen LogP contribution in [0.4, 0.5) is 0 Å². The average Bonchev–Trinajstić information content (AvgIpc) is 2.73. The lowest BCUT2D eigenvalue weighted by molar-refractivity contribution is 0.128. The topological polar surface area (TPSA) is 56.3 Å². The van der Waals surface area contributed by atoms with Crippen LogP contribution in [0.3, 0.4) is 0 Å². The molecule has 0 amide bonds. The van der Waals surface area contributed by atoms with Crippen LogP contribution in [0.5, 0.6) is 0 Å². The molecule has 2 N–H and O–H groups in total. The average molecular weight is 240 g/mol. The number of aryl methyl sites for hydroxylation is 1. The molecule has 1 rings (SSSR count). The molecule has 0 bridgehead atoms. The van der Waals surface area contributed by atoms with Gasteiger partial charge in [-0.2, -0.15) is 5.10 Å². The quantitative estimate of drug-likeness (QED) is 0.765. The normalized spacial score (nSPS) is 15.2. The highest BCUT2D eigenvalue weighted by molar-refractivity contribution is 5.13. The van der Waals surface area contributed by atoms with E-state index in [0.717, 1.165) is 13.0 Å². The molecule has 98 valence electrons. The van der Waals surface area contributed by atoms with Crippen LogP contribution in [0.1, 0.15) is 24.9 Å². The molecule has 0 radical (unpaired) electrons. The van der Waals surface area contributed by atoms with Crippen LogP contribution in [-0.4, -0.2) is 48.0 Å². The van der Waals surface area contributed by atoms with Crippen LogP contribution in [0, 0.1) is 0 Å². The molecule has 0 aliphatic heterocycles. The highest BCUT2D eigenvalue weighted by Crippen LogP contribution is 2.23. The zero-order valence-electron chi connectivity index (χ0n) is 11.3. The second-order valence-corrected chi connectivity index (χ2v) is 4.44. The predicted octanol–water partition coefficient (Wildman–Crippen LogP) is 0.777. The van der Waals surface area contributed by atoms with Gasteiger partial charge in [0.2, 0.25) is 0 Å². The first-order valence-electron chi connectivity index (χ1n) is 6.03. The first-order chi connectivity index (χ1) is 8.10. The Hall–Kier alpha value is -0.910. The molecule has 0 saturated carbocycles. The molecule has 0 aliphatic rings. The van der Waals surface area contributed by atoms with Crippen LogP contribution in [-0.2, 0) is 11.8 Å². The zero-order chi connectivity index (χ0) is 12.8. The van der Waals surface area contributed by atoms with E-state index in [1.807, 2.05) is 24.1 Å². The van der Waals surface area contributed by atoms with Crippen molar-refractivity contribution in [1.82, 2.24) is 14.7 Å². The Morgan fingerprint density at radius 3 is 2.76 bits per heavy atom. The third-order valence-corrected chi connectivity index (χ3v) is 3.07. The number of hydrogen-bond acceptors (Lipinski definition) is 4. The Balaban J connectivity index is 2.80. The van der Waals surface area contributed by atoms with E-state index in [1.54, 1.807) is 7.11 Å². The molecular formula is C12H24N4O. The Kier molecular flexibility index (Phi) is 5.61. The first-order valence-corrected chi connectivity index (χ1v) is 6.03. The van der Waals surface area contributed by atoms with Crippen molar-refractivity contribution in [1.29, 1.82) is 0 Å². The van der Waals surface area contributed by atoms with Gasteiger partial charge in [0.1, 0.15) is 0 Å². The maximum absolute atomic E-state index is 6.21. The molecule has 2 atom stereocenters. The van der Waals surface area contributed by atoms with Crippen LogP contribution in [0.2, 0.25) is 0 Å². The molecule has 0 spiro atoms. The summed E-state index contributed by atoms with van der Waals surface area (Å²) in [6, 6.07) is 0.310. The lowest BCUT2D eigenvalue weighted by atomic mass is 9.99. The van der Waals surface area contributed by atoms with Crippen LogP contribution in [0.25, 0.3) is 0 Å². The van der Waals surface area contributed by atoms with Gasteiger partial charge >= 0.3 is 0 Å². The summed E-state index contributed by atoms with van der Waals surface area (Å²) in [6.07, 6.45) is 4.86. The first kappa shape index (κ1) is 14.2. The van der Waals surface area contributed by atoms with Crippen molar-refractivity contribution in [3.05, 3.63) is 18.0 Å². The van der Waals surface area contributed by atoms with Gasteiger partial charge < -0.3 is 10.5 Å². The molecule has 0 saturated heterocycles. The number of likely N-dealkylation sites (N-methyl/N-ethyl adjacent to an activating group) is 1. The van der Waals surface area contributed by atoms with Crippen molar-refractivity contribution >= 4 is 0 Å². The molecule has 1 heterocycles. The fourth-order valence-corrected chi connectivity index (χ4v) is 2.02. The summed E-state index contributed by atoms with van der Waals surface area (Å²) in [6.45, 7) is 3.69. The summed E-state index contributed by atoms with van der Waals surface area (Å²) in [5, 5.41) is 4.22. The second kappa shape index (κ2) is 6.74. The standard InChI is InChI=1S/C12H24N4O/c1-5-11(13)12(15(2)6-7-17-4)10-8-14-16(3)9-10/h8-9,11-12H,5-7,13H2,1-4H3. The highest BCUT2D eigenvalue weighted by atomic mass is 16.5. The number of nitrogens with zero attached hydrogens (tertiary/aromatic N) is 3. The van der Waals surface area contributed by atoms with E-state index >= 15 is 0 Å². The Morgan fingerprint density at radius 1 is 1.59 bits per heavy atom. The van der Waals surface area contributed by atoms with E-state index in [-0.39, 0.29) is 12.1 Å². The van der Waals surface area contributed by atoms with Gasteiger partial charge in [0.15, 0.2) is 0 Å². The zero-order valence-corrected chi connectivity index (χ0v) is 11.3. The predicted molar refractivity (Wildman–Crippen MR) is 68.7 cm³/mol. The molecule has 5 heteroatoms. The van der Waals surface area contributed by atoms with E-state index in [4.69, 9.17) is 10.5 Å². The summed E-state index contributed by atoms with van der Waals surface area (Å²) >= 11 is 0. The Bertz CT molecular complexity index is 326. The maximum Gasteiger partial charge on any atom is 0.0589 e. The van der Waals surface area contributed by atoms with Gasteiger partial charge in [-0.1, -0.05) is 6.92 Å². The number of aromatic nitrogens is 2. The summed E-state index contributed by atoms with van der Waals surface area (Å²) in [4.78, 5) is 2.23. The van der Waals surface area contributed by atoms with Crippen molar-refractivity contribution in [2.24, 2.45) is 12.8 Å². The fraction of sp³-hybridized carbons (Fsp3) is 0.750. The van der Waals surface area contributed by atoms with Gasteiger partial charge in [0.25, 0.3) is 0 Å². The van der Waals surface area contributed by atoms with Crippen LogP contribution in [0.15, 0.2) is 12.4 Å². The Labute approximate surface area is 104 Å². The number of nitrogens with two attached hydrogens (primary N) is 1. The van der Waals surface area contributed by atoms with Gasteiger partial charge in [0, 0.05) is 38.5 Å². The molecule has 0 aliphatic carbocycles. The van der Waals surface area contributed by atoms with E-state index in [1.165, 1.54) is 5.56 Å². The molecule has 2 unspecified atom stereocenters. The minimum absolute atomic E-state index is 0.112. The van der Waals surface area contributed by atoms with Crippen molar-refractivity contribution < 1.29 is 4.74 Å². The lowest BCUT2D eigenvalue weighted by Gasteiger charge is -2.31. The minimum atomic E-state index is 0.112. The number of hydrogen-bond donors (Lipinski definition) is 1. The molecule has 17 heavy (non-hydrogen) atoms. The number of methoxy groups -OCH3 is 1. The third-order valence-electron chi connectivity index (χ3n) is 3.07. The monoisotopic (exact) mass is 240 g/mol. The molecule has 0 aromatic carbocycles. The minimum Gasteiger partial charge on any atom is -0.383 e. The second-order valence-electron chi connectivity index (χ2n) is 4.44. The highest BCUT2D eigenvalue weighted by Gasteiger charge is 2.23. The molecular weight excluding hydrogens is 216 g/mol. The van der Waals surface area contributed by atoms with Gasteiger partial charge in [-0.3, -0.25) is 9.58 Å². The number of ether oxygens (including phenoxy) is 1. The van der Waals surface area contributed by atoms with Crippen molar-refractivity contribution in [2.75, 3.05) is 27.3 Å². The van der Waals surface area contributed by atoms with Crippen molar-refractivity contribution in [3.8, 4) is 0 Å². The van der Waals surface area contributed by atoms with Gasteiger partial charge in [-0.25, -0.2) is 0 Å². The molecule has 0 fully saturated rings. The smallest absolute Gasteiger partial charge is 0.0589 e. The summed E-state index contributed by atoms with van der Waals surface area (Å²) < 4.78 is 6.93. The Morgan fingerprint density at radius 2 is 2.29 bits per heavy atom. The van der Waals surface area contributed by atoms with Crippen LogP contribution < -0.4 is 5.73 Å². The van der Waals surface area contributed by atoms with E-state index < -0.39 is 0 Å². The number of rotatable bonds is 7. The molecule has 5 nitrogen and oxygen atoms in total. The van der Waals surface area contributed by atoms with Crippen molar-refractivity contribution in [2.45, 2.75) is 25.4 Å². The van der Waals surface area contributed by atoms with E-state index in [0.29, 0.717) is 6.61 Å². The SMILES string of the molecule is CCC(N)C(c1cnn(C)c1)N(C)CCOC.